The maximum absolute atomic E-state index is 11.9. The maximum atomic E-state index is 11.9. The number of hydrogen-bond acceptors (Lipinski definition) is 7. The minimum absolute atomic E-state index is 0.0736. The Morgan fingerprint density at radius 1 is 1.34 bits per heavy atom. The van der Waals surface area contributed by atoms with Crippen LogP contribution in [0.3, 0.4) is 0 Å². The molecule has 0 aliphatic carbocycles. The van der Waals surface area contributed by atoms with Crippen molar-refractivity contribution in [1.29, 1.82) is 0 Å². The van der Waals surface area contributed by atoms with Gasteiger partial charge in [-0.2, -0.15) is 0 Å². The van der Waals surface area contributed by atoms with Gasteiger partial charge in [0.1, 0.15) is 12.3 Å². The number of nitrogens with one attached hydrogen (secondary N) is 1. The smallest absolute Gasteiger partial charge is 0.371 e. The number of aryl methyl sites for hydroxylation is 1. The highest BCUT2D eigenvalue weighted by Gasteiger charge is 2.25. The summed E-state index contributed by atoms with van der Waals surface area (Å²) < 4.78 is 12.0. The summed E-state index contributed by atoms with van der Waals surface area (Å²) in [6.45, 7) is 3.73. The number of carboxylic acid groups (broad SMARTS) is 1. The van der Waals surface area contributed by atoms with E-state index in [-0.39, 0.29) is 11.7 Å². The minimum Gasteiger partial charge on any atom is -0.475 e. The molecule has 1 saturated heterocycles. The number of amides is 1. The number of nitrogens with zero attached hydrogens (tertiary/aromatic N) is 4. The molecule has 1 aliphatic heterocycles. The molecule has 10 heteroatoms. The van der Waals surface area contributed by atoms with Gasteiger partial charge in [-0.15, -0.1) is 5.10 Å². The quantitative estimate of drug-likeness (QED) is 0.497. The topological polar surface area (TPSA) is 123 Å². The van der Waals surface area contributed by atoms with Crippen molar-refractivity contribution in [3.63, 3.8) is 0 Å². The van der Waals surface area contributed by atoms with Crippen LogP contribution < -0.4 is 5.32 Å². The predicted octanol–water partition coefficient (Wildman–Crippen LogP) is 0.777. The second-order valence-electron chi connectivity index (χ2n) is 7.15. The lowest BCUT2D eigenvalue weighted by atomic mass is 10.1. The van der Waals surface area contributed by atoms with Crippen molar-refractivity contribution in [2.75, 3.05) is 33.3 Å². The second-order valence-corrected chi connectivity index (χ2v) is 7.15. The maximum Gasteiger partial charge on any atom is 0.371 e. The van der Waals surface area contributed by atoms with E-state index in [2.05, 4.69) is 20.5 Å². The first-order valence-corrected chi connectivity index (χ1v) is 9.76. The zero-order chi connectivity index (χ0) is 20.6. The van der Waals surface area contributed by atoms with E-state index in [0.717, 1.165) is 44.6 Å². The van der Waals surface area contributed by atoms with Crippen LogP contribution in [0.4, 0.5) is 0 Å². The van der Waals surface area contributed by atoms with Crippen molar-refractivity contribution >= 4 is 11.9 Å². The van der Waals surface area contributed by atoms with Gasteiger partial charge in [-0.05, 0) is 31.4 Å². The van der Waals surface area contributed by atoms with Crippen molar-refractivity contribution in [2.24, 2.45) is 0 Å². The number of carbonyl (C=O) groups excluding carboxylic acids is 1. The van der Waals surface area contributed by atoms with Crippen LogP contribution in [-0.4, -0.2) is 76.3 Å². The molecule has 29 heavy (non-hydrogen) atoms. The summed E-state index contributed by atoms with van der Waals surface area (Å²) >= 11 is 0. The molecule has 0 aromatic carbocycles. The van der Waals surface area contributed by atoms with Crippen LogP contribution in [0.2, 0.25) is 0 Å². The van der Waals surface area contributed by atoms with Crippen LogP contribution in [0.25, 0.3) is 0 Å². The van der Waals surface area contributed by atoms with E-state index in [1.807, 2.05) is 6.20 Å². The normalized spacial score (nSPS) is 14.7. The molecule has 158 valence electrons. The summed E-state index contributed by atoms with van der Waals surface area (Å²) in [6.07, 6.45) is 5.01. The lowest BCUT2D eigenvalue weighted by molar-refractivity contribution is -0.121. The molecule has 0 bridgehead atoms. The number of carboxylic acids is 1. The first kappa shape index (κ1) is 21.0. The van der Waals surface area contributed by atoms with E-state index in [1.165, 1.54) is 6.07 Å². The molecule has 0 atom stereocenters. The Morgan fingerprint density at radius 2 is 2.17 bits per heavy atom. The van der Waals surface area contributed by atoms with Crippen LogP contribution in [0.1, 0.15) is 41.3 Å². The molecular formula is C19H27N5O5. The molecule has 2 aromatic rings. The highest BCUT2D eigenvalue weighted by Crippen LogP contribution is 2.11. The first-order chi connectivity index (χ1) is 14.0. The molecule has 0 saturated carbocycles. The van der Waals surface area contributed by atoms with Crippen molar-refractivity contribution in [1.82, 2.24) is 25.2 Å². The fraction of sp³-hybridized carbons (Fsp3) is 0.579. The number of furan rings is 1. The molecule has 2 aromatic heterocycles. The molecule has 2 N–H and O–H groups in total. The van der Waals surface area contributed by atoms with Crippen molar-refractivity contribution in [3.05, 3.63) is 35.5 Å². The lowest BCUT2D eigenvalue weighted by Crippen LogP contribution is -2.53. The van der Waals surface area contributed by atoms with Crippen LogP contribution in [-0.2, 0) is 22.5 Å². The number of aromatic carboxylic acids is 1. The number of carbonyl (C=O) groups is 2. The molecule has 1 aliphatic rings. The van der Waals surface area contributed by atoms with E-state index in [9.17, 15) is 9.59 Å². The fourth-order valence-electron chi connectivity index (χ4n) is 3.16. The standard InChI is InChI=1S/C19H27N5O5/c1-28-16-11-23(12-16)9-8-20-18(25)5-3-2-4-14-10-24(22-21-14)13-15-6-7-17(29-15)19(26)27/h6-7,10,16H,2-5,8-9,11-13H2,1H3,(H,20,25)(H,26,27). The second kappa shape index (κ2) is 10.2. The summed E-state index contributed by atoms with van der Waals surface area (Å²) in [5, 5.41) is 20.0. The number of methoxy groups -OCH3 is 1. The number of aromatic nitrogens is 3. The van der Waals surface area contributed by atoms with Crippen molar-refractivity contribution in [2.45, 2.75) is 38.3 Å². The zero-order valence-corrected chi connectivity index (χ0v) is 16.5. The third kappa shape index (κ3) is 6.40. The largest absolute Gasteiger partial charge is 0.475 e. The highest BCUT2D eigenvalue weighted by atomic mass is 16.5. The van der Waals surface area contributed by atoms with Gasteiger partial charge in [0, 0.05) is 45.9 Å². The Labute approximate surface area is 168 Å². The highest BCUT2D eigenvalue weighted by molar-refractivity contribution is 5.84. The molecule has 3 heterocycles. The number of rotatable bonds is 12. The third-order valence-electron chi connectivity index (χ3n) is 4.87. The van der Waals surface area contributed by atoms with E-state index in [0.29, 0.717) is 31.4 Å². The van der Waals surface area contributed by atoms with Crippen molar-refractivity contribution in [3.8, 4) is 0 Å². The summed E-state index contributed by atoms with van der Waals surface area (Å²) in [4.78, 5) is 25.0. The van der Waals surface area contributed by atoms with Crippen LogP contribution in [0.5, 0.6) is 0 Å². The molecule has 0 radical (unpaired) electrons. The average molecular weight is 405 g/mol. The molecule has 1 amide bonds. The summed E-state index contributed by atoms with van der Waals surface area (Å²) in [5.74, 6) is -0.612. The third-order valence-corrected chi connectivity index (χ3v) is 4.87. The first-order valence-electron chi connectivity index (χ1n) is 9.76. The predicted molar refractivity (Wildman–Crippen MR) is 103 cm³/mol. The molecule has 3 rings (SSSR count). The molecule has 10 nitrogen and oxygen atoms in total. The van der Waals surface area contributed by atoms with E-state index in [1.54, 1.807) is 17.9 Å². The van der Waals surface area contributed by atoms with E-state index >= 15 is 0 Å². The molecule has 1 fully saturated rings. The van der Waals surface area contributed by atoms with Gasteiger partial charge in [-0.25, -0.2) is 9.48 Å². The number of hydrogen-bond donors (Lipinski definition) is 2. The molecule has 0 spiro atoms. The van der Waals surface area contributed by atoms with Gasteiger partial charge >= 0.3 is 5.97 Å². The number of ether oxygens (including phenoxy) is 1. The molecule has 0 unspecified atom stereocenters. The Bertz CT molecular complexity index is 812. The van der Waals surface area contributed by atoms with Crippen LogP contribution >= 0.6 is 0 Å². The fourth-order valence-corrected chi connectivity index (χ4v) is 3.16. The van der Waals surface area contributed by atoms with Gasteiger partial charge in [0.25, 0.3) is 0 Å². The van der Waals surface area contributed by atoms with Gasteiger partial charge in [-0.1, -0.05) is 5.21 Å². The van der Waals surface area contributed by atoms with Crippen LogP contribution in [0.15, 0.2) is 22.7 Å². The van der Waals surface area contributed by atoms with E-state index < -0.39 is 5.97 Å². The van der Waals surface area contributed by atoms with Crippen molar-refractivity contribution < 1.29 is 23.8 Å². The Balaban J connectivity index is 1.27. The monoisotopic (exact) mass is 405 g/mol. The number of unbranched alkanes of at least 4 members (excludes halogenated alkanes) is 1. The average Bonchev–Trinajstić information content (AvgIpc) is 3.30. The van der Waals surface area contributed by atoms with Gasteiger partial charge in [0.05, 0.1) is 11.8 Å². The zero-order valence-electron chi connectivity index (χ0n) is 16.5. The van der Waals surface area contributed by atoms with Gasteiger partial charge < -0.3 is 19.6 Å². The van der Waals surface area contributed by atoms with E-state index in [4.69, 9.17) is 14.3 Å². The van der Waals surface area contributed by atoms with Gasteiger partial charge in [0.2, 0.25) is 11.7 Å². The Hall–Kier alpha value is -2.72. The summed E-state index contributed by atoms with van der Waals surface area (Å²) in [5.41, 5.74) is 0.834. The Morgan fingerprint density at radius 3 is 2.90 bits per heavy atom. The summed E-state index contributed by atoms with van der Waals surface area (Å²) in [6, 6.07) is 3.03. The lowest BCUT2D eigenvalue weighted by Gasteiger charge is -2.38. The number of likely N-dealkylation sites (tertiary alicyclic amines) is 1. The Kier molecular flexibility index (Phi) is 7.36. The SMILES string of the molecule is COC1CN(CCNC(=O)CCCCc2cn(Cc3ccc(C(=O)O)o3)nn2)C1. The van der Waals surface area contributed by atoms with Crippen LogP contribution in [0, 0.1) is 0 Å². The van der Waals surface area contributed by atoms with Gasteiger partial charge in [-0.3, -0.25) is 9.69 Å². The summed E-state index contributed by atoms with van der Waals surface area (Å²) in [7, 11) is 1.72. The molecular weight excluding hydrogens is 378 g/mol. The minimum atomic E-state index is -1.10. The van der Waals surface area contributed by atoms with Gasteiger partial charge in [0.15, 0.2) is 0 Å².